The molecular formula is C71H133N2O7P. The maximum atomic E-state index is 13.5. The molecule has 81 heavy (non-hydrogen) atoms. The maximum Gasteiger partial charge on any atom is 0.306 e. The summed E-state index contributed by atoms with van der Waals surface area (Å²) in [4.78, 5) is 40.1. The lowest BCUT2D eigenvalue weighted by molar-refractivity contribution is -0.870. The lowest BCUT2D eigenvalue weighted by Gasteiger charge is -2.30. The summed E-state index contributed by atoms with van der Waals surface area (Å²) >= 11 is 0. The van der Waals surface area contributed by atoms with Crippen LogP contribution in [0.4, 0.5) is 0 Å². The van der Waals surface area contributed by atoms with Gasteiger partial charge in [-0.2, -0.15) is 0 Å². The van der Waals surface area contributed by atoms with Crippen molar-refractivity contribution in [1.29, 1.82) is 0 Å². The van der Waals surface area contributed by atoms with E-state index in [1.807, 2.05) is 33.3 Å². The third-order valence-corrected chi connectivity index (χ3v) is 16.4. The fourth-order valence-corrected chi connectivity index (χ4v) is 10.8. The van der Waals surface area contributed by atoms with Crippen molar-refractivity contribution in [2.45, 2.75) is 341 Å². The van der Waals surface area contributed by atoms with Crippen LogP contribution in [0, 0.1) is 0 Å². The van der Waals surface area contributed by atoms with Crippen molar-refractivity contribution in [2.75, 3.05) is 40.9 Å². The normalized spacial score (nSPS) is 13.9. The van der Waals surface area contributed by atoms with Gasteiger partial charge in [0.05, 0.1) is 33.8 Å². The van der Waals surface area contributed by atoms with E-state index < -0.39 is 26.6 Å². The van der Waals surface area contributed by atoms with Crippen molar-refractivity contribution in [1.82, 2.24) is 5.32 Å². The van der Waals surface area contributed by atoms with Gasteiger partial charge in [-0.1, -0.05) is 287 Å². The second kappa shape index (κ2) is 60.8. The van der Waals surface area contributed by atoms with Crippen molar-refractivity contribution in [3.8, 4) is 0 Å². The molecule has 0 aromatic heterocycles. The number of esters is 1. The number of rotatable bonds is 63. The van der Waals surface area contributed by atoms with E-state index in [-0.39, 0.29) is 24.9 Å². The molecule has 0 aliphatic rings. The Hall–Kier alpha value is -2.29. The van der Waals surface area contributed by atoms with Gasteiger partial charge in [-0.3, -0.25) is 14.2 Å². The third-order valence-electron chi connectivity index (χ3n) is 15.4. The van der Waals surface area contributed by atoms with E-state index >= 15 is 0 Å². The SMILES string of the molecule is CCCCC/C=C\C/C=C\CCCCCCCCCCCCCCCCCCCC(=O)OC(/C=C\CCCCCCCCCCCCC)C(COP(=O)([O-])OCC[N+](C)(C)C)NC(=O)CCCCCCCC/C=C/C=C/CCCCC. The minimum Gasteiger partial charge on any atom is -0.756 e. The van der Waals surface area contributed by atoms with Gasteiger partial charge in [0.1, 0.15) is 19.3 Å². The molecule has 0 fully saturated rings. The lowest BCUT2D eigenvalue weighted by atomic mass is 10.0. The molecule has 3 unspecified atom stereocenters. The van der Waals surface area contributed by atoms with Crippen LogP contribution in [0.3, 0.4) is 0 Å². The van der Waals surface area contributed by atoms with E-state index in [2.05, 4.69) is 74.7 Å². The highest BCUT2D eigenvalue weighted by Crippen LogP contribution is 2.38. The van der Waals surface area contributed by atoms with Gasteiger partial charge in [-0.05, 0) is 89.5 Å². The van der Waals surface area contributed by atoms with Gasteiger partial charge in [0.25, 0.3) is 7.82 Å². The average Bonchev–Trinajstić information content (AvgIpc) is 3.44. The second-order valence-electron chi connectivity index (χ2n) is 24.7. The molecular weight excluding hydrogens is 1020 g/mol. The number of carbonyl (C=O) groups is 2. The number of hydrogen-bond acceptors (Lipinski definition) is 7. The molecule has 0 saturated carbocycles. The summed E-state index contributed by atoms with van der Waals surface area (Å²) in [6, 6.07) is -0.894. The molecule has 474 valence electrons. The Kier molecular flexibility index (Phi) is 59.1. The lowest BCUT2D eigenvalue weighted by Crippen LogP contribution is -2.47. The highest BCUT2D eigenvalue weighted by molar-refractivity contribution is 7.45. The Balaban J connectivity index is 5.04. The van der Waals surface area contributed by atoms with E-state index in [0.717, 1.165) is 89.9 Å². The predicted molar refractivity (Wildman–Crippen MR) is 349 cm³/mol. The molecule has 0 aliphatic heterocycles. The molecule has 0 heterocycles. The molecule has 1 N–H and O–H groups in total. The molecule has 9 nitrogen and oxygen atoms in total. The van der Waals surface area contributed by atoms with E-state index in [1.54, 1.807) is 0 Å². The van der Waals surface area contributed by atoms with Gasteiger partial charge in [-0.15, -0.1) is 0 Å². The van der Waals surface area contributed by atoms with Crippen molar-refractivity contribution in [3.05, 3.63) is 60.8 Å². The first kappa shape index (κ1) is 78.7. The fourth-order valence-electron chi connectivity index (χ4n) is 10.1. The number of amides is 1. The molecule has 0 aromatic rings. The van der Waals surface area contributed by atoms with Crippen LogP contribution in [0.25, 0.3) is 0 Å². The summed E-state index contributed by atoms with van der Waals surface area (Å²) in [7, 11) is 1.18. The Morgan fingerprint density at radius 2 is 0.790 bits per heavy atom. The first-order valence-corrected chi connectivity index (χ1v) is 36.1. The Labute approximate surface area is 502 Å². The zero-order valence-corrected chi connectivity index (χ0v) is 55.1. The van der Waals surface area contributed by atoms with Crippen LogP contribution in [-0.4, -0.2) is 69.4 Å². The number of likely N-dealkylation sites (N-methyl/N-ethyl adjacent to an activating group) is 1. The van der Waals surface area contributed by atoms with Crippen molar-refractivity contribution in [2.24, 2.45) is 0 Å². The van der Waals surface area contributed by atoms with Gasteiger partial charge >= 0.3 is 5.97 Å². The number of phosphoric acid groups is 1. The summed E-state index contributed by atoms with van der Waals surface area (Å²) in [5, 5.41) is 3.03. The third kappa shape index (κ3) is 62.1. The molecule has 0 aromatic carbocycles. The quantitative estimate of drug-likeness (QED) is 0.0161. The molecule has 10 heteroatoms. The van der Waals surface area contributed by atoms with Crippen LogP contribution in [-0.2, 0) is 27.9 Å². The molecule has 0 bridgehead atoms. The Morgan fingerprint density at radius 1 is 0.444 bits per heavy atom. The van der Waals surface area contributed by atoms with Crippen LogP contribution in [0.1, 0.15) is 329 Å². The minimum atomic E-state index is -4.70. The number of hydrogen-bond donors (Lipinski definition) is 1. The first-order valence-electron chi connectivity index (χ1n) is 34.6. The summed E-state index contributed by atoms with van der Waals surface area (Å²) in [5.41, 5.74) is 0. The molecule has 0 saturated heterocycles. The van der Waals surface area contributed by atoms with E-state index in [0.29, 0.717) is 17.4 Å². The Bertz CT molecular complexity index is 1570. The summed E-state index contributed by atoms with van der Waals surface area (Å²) in [6.45, 7) is 6.82. The number of unbranched alkanes of at least 4 members (excludes halogenated alkanes) is 40. The smallest absolute Gasteiger partial charge is 0.306 e. The number of ether oxygens (including phenoxy) is 1. The van der Waals surface area contributed by atoms with Gasteiger partial charge in [0.15, 0.2) is 0 Å². The van der Waals surface area contributed by atoms with E-state index in [9.17, 15) is 19.0 Å². The number of nitrogens with one attached hydrogen (secondary N) is 1. The van der Waals surface area contributed by atoms with Crippen molar-refractivity contribution >= 4 is 19.7 Å². The van der Waals surface area contributed by atoms with E-state index in [4.69, 9.17) is 13.8 Å². The molecule has 0 rings (SSSR count). The predicted octanol–water partition coefficient (Wildman–Crippen LogP) is 21.2. The zero-order chi connectivity index (χ0) is 59.3. The largest absolute Gasteiger partial charge is 0.756 e. The standard InChI is InChI=1S/C71H133N2O7P/c1-7-10-13-16-19-22-25-28-30-31-32-33-34-35-36-37-38-39-40-41-43-46-49-52-55-58-61-64-71(75)80-69(62-59-56-53-50-47-44-27-24-21-18-15-12-9-3)68(67-79-81(76,77)78-66-65-73(4,5)6)72-70(74)63-60-57-54-51-48-45-42-29-26-23-20-17-14-11-8-2/h19-20,22-23,26,28-30,59,62,68-69H,7-18,21,24-25,27,31-58,60-61,63-67H2,1-6H3,(H-,72,74,76,77)/b22-19-,23-20+,29-26+,30-28-,62-59-. The summed E-state index contributed by atoms with van der Waals surface area (Å²) < 4.78 is 30.4. The van der Waals surface area contributed by atoms with Crippen LogP contribution >= 0.6 is 7.82 Å². The number of carbonyl (C=O) groups excluding carboxylic acids is 2. The van der Waals surface area contributed by atoms with Crippen LogP contribution in [0.15, 0.2) is 60.8 Å². The average molecular weight is 1160 g/mol. The van der Waals surface area contributed by atoms with Gasteiger partial charge in [-0.25, -0.2) is 0 Å². The van der Waals surface area contributed by atoms with E-state index in [1.165, 1.54) is 205 Å². The first-order chi connectivity index (χ1) is 39.4. The van der Waals surface area contributed by atoms with Crippen molar-refractivity contribution in [3.63, 3.8) is 0 Å². The van der Waals surface area contributed by atoms with Crippen LogP contribution in [0.2, 0.25) is 0 Å². The number of allylic oxidation sites excluding steroid dienone is 9. The topological polar surface area (TPSA) is 114 Å². The molecule has 0 aliphatic carbocycles. The van der Waals surface area contributed by atoms with Gasteiger partial charge < -0.3 is 28.5 Å². The van der Waals surface area contributed by atoms with Crippen LogP contribution in [0.5, 0.6) is 0 Å². The number of phosphoric ester groups is 1. The fraction of sp³-hybridized carbons (Fsp3) is 0.831. The maximum absolute atomic E-state index is 13.5. The van der Waals surface area contributed by atoms with Crippen LogP contribution < -0.4 is 10.2 Å². The highest BCUT2D eigenvalue weighted by atomic mass is 31.2. The highest BCUT2D eigenvalue weighted by Gasteiger charge is 2.27. The molecule has 1 amide bonds. The summed E-state index contributed by atoms with van der Waals surface area (Å²) in [6.07, 6.45) is 77.7. The van der Waals surface area contributed by atoms with Gasteiger partial charge in [0.2, 0.25) is 5.91 Å². The number of nitrogens with zero attached hydrogens (tertiary/aromatic N) is 1. The summed E-state index contributed by atoms with van der Waals surface area (Å²) in [5.74, 6) is -0.543. The molecule has 3 atom stereocenters. The second-order valence-corrected chi connectivity index (χ2v) is 26.1. The molecule has 0 spiro atoms. The molecule has 0 radical (unpaired) electrons. The zero-order valence-electron chi connectivity index (χ0n) is 54.2. The number of quaternary nitrogens is 1. The monoisotopic (exact) mass is 1160 g/mol. The Morgan fingerprint density at radius 3 is 1.21 bits per heavy atom. The van der Waals surface area contributed by atoms with Crippen molar-refractivity contribution < 1.29 is 37.3 Å². The van der Waals surface area contributed by atoms with Gasteiger partial charge in [0, 0.05) is 12.8 Å². The minimum absolute atomic E-state index is 0.0245.